The zero-order chi connectivity index (χ0) is 29.0. The predicted octanol–water partition coefficient (Wildman–Crippen LogP) is 4.44. The van der Waals surface area contributed by atoms with Gasteiger partial charge in [0.25, 0.3) is 10.0 Å². The fourth-order valence-electron chi connectivity index (χ4n) is 4.77. The average Bonchev–Trinajstić information content (AvgIpc) is 3.37. The average molecular weight is 575 g/mol. The van der Waals surface area contributed by atoms with E-state index in [2.05, 4.69) is 5.32 Å². The van der Waals surface area contributed by atoms with Crippen LogP contribution in [0.1, 0.15) is 11.1 Å². The summed E-state index contributed by atoms with van der Waals surface area (Å²) in [5.41, 5.74) is 3.32. The Morgan fingerprint density at radius 2 is 1.54 bits per heavy atom. The highest BCUT2D eigenvalue weighted by molar-refractivity contribution is 7.93. The number of carboxylic acid groups (broad SMARTS) is 1. The maximum absolute atomic E-state index is 13.8. The van der Waals surface area contributed by atoms with E-state index in [1.54, 1.807) is 72.8 Å². The molecule has 0 unspecified atom stereocenters. The normalized spacial score (nSPS) is 14.4. The van der Waals surface area contributed by atoms with Gasteiger partial charge in [-0.05, 0) is 64.7 Å². The van der Waals surface area contributed by atoms with Crippen LogP contribution in [0.5, 0.6) is 5.75 Å². The lowest BCUT2D eigenvalue weighted by atomic mass is 10.1. The Morgan fingerprint density at radius 3 is 2.20 bits per heavy atom. The van der Waals surface area contributed by atoms with Gasteiger partial charge < -0.3 is 15.2 Å². The molecule has 0 bridgehead atoms. The number of amides is 1. The molecule has 1 amide bonds. The van der Waals surface area contributed by atoms with Crippen molar-refractivity contribution >= 4 is 27.6 Å². The predicted molar refractivity (Wildman–Crippen MR) is 152 cm³/mol. The van der Waals surface area contributed by atoms with Crippen molar-refractivity contribution in [2.24, 2.45) is 0 Å². The molecule has 4 aromatic carbocycles. The Bertz CT molecular complexity index is 1660. The molecule has 0 spiro atoms. The lowest BCUT2D eigenvalue weighted by Gasteiger charge is -2.26. The first kappa shape index (κ1) is 27.9. The van der Waals surface area contributed by atoms with Gasteiger partial charge in [0, 0.05) is 6.42 Å². The van der Waals surface area contributed by atoms with Crippen molar-refractivity contribution in [3.63, 3.8) is 0 Å². The zero-order valence-corrected chi connectivity index (χ0v) is 22.7. The molecule has 1 heterocycles. The monoisotopic (exact) mass is 574 g/mol. The number of carbonyl (C=O) groups excluding carboxylic acids is 1. The summed E-state index contributed by atoms with van der Waals surface area (Å²) in [6, 6.07) is 24.9. The van der Waals surface area contributed by atoms with E-state index in [0.29, 0.717) is 17.0 Å². The number of hydrogen-bond acceptors (Lipinski definition) is 5. The van der Waals surface area contributed by atoms with Crippen molar-refractivity contribution in [1.29, 1.82) is 0 Å². The standard InChI is InChI=1S/C31H27FN2O6S/c32-25-11-7-22(8-12-25)23-9-15-27(16-10-23)41(38,39)34-28-4-2-1-3-24(28)20-29(34)31(37)33-17-18-40-26-13-5-21(6-14-26)19-30(35)36/h1-16,29H,17-20H2,(H,33,37)(H,35,36)/t29-/m0/s1. The van der Waals surface area contributed by atoms with Gasteiger partial charge in [0.2, 0.25) is 5.91 Å². The second-order valence-corrected chi connectivity index (χ2v) is 11.3. The van der Waals surface area contributed by atoms with Crippen LogP contribution in [-0.2, 0) is 32.5 Å². The third kappa shape index (κ3) is 6.22. The van der Waals surface area contributed by atoms with Crippen LogP contribution in [0.3, 0.4) is 0 Å². The fraction of sp³-hybridized carbons (Fsp3) is 0.161. The zero-order valence-electron chi connectivity index (χ0n) is 21.9. The maximum atomic E-state index is 13.8. The number of carboxylic acids is 1. The van der Waals surface area contributed by atoms with Gasteiger partial charge in [0.05, 0.1) is 23.5 Å². The summed E-state index contributed by atoms with van der Waals surface area (Å²) in [7, 11) is -4.10. The van der Waals surface area contributed by atoms with Crippen molar-refractivity contribution < 1.29 is 32.2 Å². The van der Waals surface area contributed by atoms with Gasteiger partial charge in [-0.15, -0.1) is 0 Å². The number of rotatable bonds is 10. The first-order valence-electron chi connectivity index (χ1n) is 12.9. The number of anilines is 1. The summed E-state index contributed by atoms with van der Waals surface area (Å²) in [5, 5.41) is 11.7. The summed E-state index contributed by atoms with van der Waals surface area (Å²) >= 11 is 0. The van der Waals surface area contributed by atoms with Gasteiger partial charge in [-0.1, -0.05) is 54.6 Å². The number of nitrogens with zero attached hydrogens (tertiary/aromatic N) is 1. The summed E-state index contributed by atoms with van der Waals surface area (Å²) in [6.45, 7) is 0.282. The molecule has 0 saturated carbocycles. The quantitative estimate of drug-likeness (QED) is 0.271. The Hall–Kier alpha value is -4.70. The molecule has 8 nitrogen and oxygen atoms in total. The van der Waals surface area contributed by atoms with Gasteiger partial charge in [0.15, 0.2) is 0 Å². The highest BCUT2D eigenvalue weighted by atomic mass is 32.2. The minimum absolute atomic E-state index is 0.0348. The van der Waals surface area contributed by atoms with Crippen molar-refractivity contribution in [2.75, 3.05) is 17.5 Å². The lowest BCUT2D eigenvalue weighted by Crippen LogP contribution is -2.48. The molecule has 210 valence electrons. The number of sulfonamides is 1. The molecular weight excluding hydrogens is 547 g/mol. The van der Waals surface area contributed by atoms with Crippen LogP contribution < -0.4 is 14.4 Å². The van der Waals surface area contributed by atoms with Gasteiger partial charge in [-0.2, -0.15) is 0 Å². The molecule has 1 aliphatic rings. The smallest absolute Gasteiger partial charge is 0.307 e. The van der Waals surface area contributed by atoms with Gasteiger partial charge in [-0.3, -0.25) is 13.9 Å². The minimum Gasteiger partial charge on any atom is -0.492 e. The van der Waals surface area contributed by atoms with E-state index in [0.717, 1.165) is 16.7 Å². The number of benzene rings is 4. The van der Waals surface area contributed by atoms with Crippen LogP contribution in [0.4, 0.5) is 10.1 Å². The SMILES string of the molecule is O=C(O)Cc1ccc(OCCNC(=O)[C@@H]2Cc3ccccc3N2S(=O)(=O)c2ccc(-c3ccc(F)cc3)cc2)cc1. The van der Waals surface area contributed by atoms with Crippen molar-refractivity contribution in [3.05, 3.63) is 114 Å². The Labute approximate surface area is 237 Å². The van der Waals surface area contributed by atoms with E-state index in [1.807, 2.05) is 0 Å². The molecule has 0 fully saturated rings. The van der Waals surface area contributed by atoms with Gasteiger partial charge >= 0.3 is 5.97 Å². The molecule has 0 saturated heterocycles. The number of carbonyl (C=O) groups is 2. The fourth-order valence-corrected chi connectivity index (χ4v) is 6.42. The summed E-state index contributed by atoms with van der Waals surface area (Å²) in [6.07, 6.45) is 0.138. The molecule has 4 aromatic rings. The number of ether oxygens (including phenoxy) is 1. The number of hydrogen-bond donors (Lipinski definition) is 2. The lowest BCUT2D eigenvalue weighted by molar-refractivity contribution is -0.136. The van der Waals surface area contributed by atoms with E-state index < -0.39 is 27.9 Å². The van der Waals surface area contributed by atoms with Crippen LogP contribution in [0.2, 0.25) is 0 Å². The summed E-state index contributed by atoms with van der Waals surface area (Å²) in [5.74, 6) is -1.21. The van der Waals surface area contributed by atoms with Gasteiger partial charge in [-0.25, -0.2) is 12.8 Å². The molecule has 41 heavy (non-hydrogen) atoms. The number of para-hydroxylation sites is 1. The molecule has 10 heteroatoms. The number of halogens is 1. The Balaban J connectivity index is 1.28. The molecule has 1 aliphatic heterocycles. The Morgan fingerprint density at radius 1 is 0.902 bits per heavy atom. The van der Waals surface area contributed by atoms with E-state index in [4.69, 9.17) is 9.84 Å². The van der Waals surface area contributed by atoms with Gasteiger partial charge in [0.1, 0.15) is 24.2 Å². The molecule has 0 aliphatic carbocycles. The maximum Gasteiger partial charge on any atom is 0.307 e. The molecule has 0 aromatic heterocycles. The van der Waals surface area contributed by atoms with Crippen molar-refractivity contribution in [1.82, 2.24) is 5.32 Å². The molecule has 0 radical (unpaired) electrons. The third-order valence-corrected chi connectivity index (χ3v) is 8.60. The van der Waals surface area contributed by atoms with E-state index in [9.17, 15) is 22.4 Å². The third-order valence-electron chi connectivity index (χ3n) is 6.77. The molecule has 1 atom stereocenters. The van der Waals surface area contributed by atoms with Crippen LogP contribution in [0.15, 0.2) is 102 Å². The second-order valence-electron chi connectivity index (χ2n) is 9.53. The minimum atomic E-state index is -4.10. The summed E-state index contributed by atoms with van der Waals surface area (Å²) < 4.78 is 47.8. The number of aliphatic carboxylic acids is 1. The Kier molecular flexibility index (Phi) is 8.02. The van der Waals surface area contributed by atoms with Crippen LogP contribution >= 0.6 is 0 Å². The van der Waals surface area contributed by atoms with E-state index in [1.165, 1.54) is 28.6 Å². The number of nitrogens with one attached hydrogen (secondary N) is 1. The largest absolute Gasteiger partial charge is 0.492 e. The highest BCUT2D eigenvalue weighted by Crippen LogP contribution is 2.37. The van der Waals surface area contributed by atoms with Crippen LogP contribution in [0, 0.1) is 5.82 Å². The topological polar surface area (TPSA) is 113 Å². The molecule has 2 N–H and O–H groups in total. The molecular formula is C31H27FN2O6S. The first-order valence-corrected chi connectivity index (χ1v) is 14.4. The van der Waals surface area contributed by atoms with Crippen molar-refractivity contribution in [3.8, 4) is 16.9 Å². The second kappa shape index (κ2) is 11.8. The van der Waals surface area contributed by atoms with Crippen LogP contribution in [-0.4, -0.2) is 44.6 Å². The van der Waals surface area contributed by atoms with Crippen LogP contribution in [0.25, 0.3) is 11.1 Å². The first-order chi connectivity index (χ1) is 19.7. The number of fused-ring (bicyclic) bond motifs is 1. The van der Waals surface area contributed by atoms with E-state index in [-0.39, 0.29) is 36.7 Å². The van der Waals surface area contributed by atoms with E-state index >= 15 is 0 Å². The van der Waals surface area contributed by atoms with Crippen molar-refractivity contribution in [2.45, 2.75) is 23.8 Å². The highest BCUT2D eigenvalue weighted by Gasteiger charge is 2.42. The summed E-state index contributed by atoms with van der Waals surface area (Å²) in [4.78, 5) is 24.1. The molecule has 5 rings (SSSR count).